The van der Waals surface area contributed by atoms with Gasteiger partial charge in [0.1, 0.15) is 0 Å². The van der Waals surface area contributed by atoms with Crippen molar-refractivity contribution in [3.8, 4) is 0 Å². The minimum atomic E-state index is 0.878. The van der Waals surface area contributed by atoms with Crippen molar-refractivity contribution in [3.63, 3.8) is 0 Å². The van der Waals surface area contributed by atoms with Crippen LogP contribution in [0.2, 0.25) is 0 Å². The Labute approximate surface area is 132 Å². The summed E-state index contributed by atoms with van der Waals surface area (Å²) in [6.45, 7) is 5.31. The van der Waals surface area contributed by atoms with E-state index < -0.39 is 0 Å². The third kappa shape index (κ3) is 3.16. The number of piperazine rings is 1. The fraction of sp³-hybridized carbons (Fsp3) is 0.333. The molecule has 1 aliphatic rings. The highest BCUT2D eigenvalue weighted by Crippen LogP contribution is 2.25. The summed E-state index contributed by atoms with van der Waals surface area (Å²) in [6, 6.07) is 10.4. The highest BCUT2D eigenvalue weighted by Gasteiger charge is 2.18. The Morgan fingerprint density at radius 3 is 2.55 bits per heavy atom. The van der Waals surface area contributed by atoms with Gasteiger partial charge in [0.25, 0.3) is 0 Å². The summed E-state index contributed by atoms with van der Waals surface area (Å²) < 4.78 is 1.19. The maximum absolute atomic E-state index is 6.05. The Kier molecular flexibility index (Phi) is 4.29. The van der Waals surface area contributed by atoms with Gasteiger partial charge < -0.3 is 10.6 Å². The van der Waals surface area contributed by atoms with Crippen LogP contribution in [-0.2, 0) is 6.54 Å². The average Bonchev–Trinajstić information content (AvgIpc) is 2.86. The zero-order valence-electron chi connectivity index (χ0n) is 11.3. The number of nitrogens with two attached hydrogens (primary N) is 1. The van der Waals surface area contributed by atoms with Crippen LogP contribution >= 0.6 is 27.3 Å². The van der Waals surface area contributed by atoms with Crippen LogP contribution in [0.15, 0.2) is 40.2 Å². The Balaban J connectivity index is 1.58. The van der Waals surface area contributed by atoms with Crippen LogP contribution in [0, 0.1) is 0 Å². The molecule has 0 aliphatic carbocycles. The minimum Gasteiger partial charge on any atom is -0.397 e. The van der Waals surface area contributed by atoms with Crippen LogP contribution in [0.25, 0.3) is 0 Å². The number of hydrogen-bond donors (Lipinski definition) is 1. The Bertz CT molecular complexity index is 576. The molecular formula is C15H18BrN3S. The fourth-order valence-corrected chi connectivity index (χ4v) is 4.07. The highest BCUT2D eigenvalue weighted by molar-refractivity contribution is 9.10. The molecule has 0 unspecified atom stereocenters. The summed E-state index contributed by atoms with van der Waals surface area (Å²) in [5, 5.41) is 2.15. The van der Waals surface area contributed by atoms with Crippen LogP contribution in [0.5, 0.6) is 0 Å². The molecule has 0 bridgehead atoms. The predicted octanol–water partition coefficient (Wildman–Crippen LogP) is 3.42. The first-order valence-electron chi connectivity index (χ1n) is 6.77. The molecule has 2 heterocycles. The first kappa shape index (κ1) is 13.9. The zero-order valence-corrected chi connectivity index (χ0v) is 13.7. The molecule has 1 saturated heterocycles. The van der Waals surface area contributed by atoms with Crippen molar-refractivity contribution >= 4 is 38.6 Å². The van der Waals surface area contributed by atoms with E-state index in [0.717, 1.165) is 38.4 Å². The number of nitrogen functional groups attached to an aromatic ring is 1. The molecule has 3 nitrogen and oxygen atoms in total. The van der Waals surface area contributed by atoms with Gasteiger partial charge >= 0.3 is 0 Å². The number of hydrogen-bond acceptors (Lipinski definition) is 4. The lowest BCUT2D eigenvalue weighted by molar-refractivity contribution is 0.252. The second-order valence-corrected chi connectivity index (χ2v) is 6.96. The lowest BCUT2D eigenvalue weighted by Crippen LogP contribution is -2.46. The number of benzene rings is 1. The smallest absolute Gasteiger partial charge is 0.0600 e. The Morgan fingerprint density at radius 1 is 1.15 bits per heavy atom. The van der Waals surface area contributed by atoms with Gasteiger partial charge in [-0.25, -0.2) is 0 Å². The number of rotatable bonds is 3. The van der Waals surface area contributed by atoms with E-state index in [9.17, 15) is 0 Å². The molecule has 1 aromatic carbocycles. The largest absolute Gasteiger partial charge is 0.397 e. The van der Waals surface area contributed by atoms with Gasteiger partial charge in [-0.2, -0.15) is 0 Å². The van der Waals surface area contributed by atoms with Gasteiger partial charge in [0.15, 0.2) is 0 Å². The van der Waals surface area contributed by atoms with Crippen LogP contribution in [-0.4, -0.2) is 31.1 Å². The van der Waals surface area contributed by atoms with Crippen molar-refractivity contribution in [1.82, 2.24) is 4.90 Å². The number of thiophene rings is 1. The number of anilines is 2. The van der Waals surface area contributed by atoms with Gasteiger partial charge in [-0.15, -0.1) is 11.3 Å². The van der Waals surface area contributed by atoms with Crippen molar-refractivity contribution in [2.45, 2.75) is 6.54 Å². The summed E-state index contributed by atoms with van der Waals surface area (Å²) in [5.74, 6) is 0. The summed E-state index contributed by atoms with van der Waals surface area (Å²) in [6.07, 6.45) is 0. The maximum atomic E-state index is 6.05. The standard InChI is InChI=1S/C15H18BrN3S/c16-12-9-13(20-11-12)10-18-5-7-19(8-6-18)15-4-2-1-3-14(15)17/h1-4,9,11H,5-8,10,17H2. The summed E-state index contributed by atoms with van der Waals surface area (Å²) in [4.78, 5) is 6.31. The average molecular weight is 352 g/mol. The normalized spacial score (nSPS) is 16.6. The molecule has 0 radical (unpaired) electrons. The van der Waals surface area contributed by atoms with E-state index in [2.05, 4.69) is 49.3 Å². The van der Waals surface area contributed by atoms with Gasteiger partial charge in [0.2, 0.25) is 0 Å². The second kappa shape index (κ2) is 6.16. The molecular weight excluding hydrogens is 334 g/mol. The monoisotopic (exact) mass is 351 g/mol. The van der Waals surface area contributed by atoms with E-state index in [-0.39, 0.29) is 0 Å². The number of nitrogens with zero attached hydrogens (tertiary/aromatic N) is 2. The van der Waals surface area contributed by atoms with Gasteiger partial charge in [-0.3, -0.25) is 4.90 Å². The van der Waals surface area contributed by atoms with Crippen LogP contribution in [0.3, 0.4) is 0 Å². The van der Waals surface area contributed by atoms with Crippen molar-refractivity contribution < 1.29 is 0 Å². The van der Waals surface area contributed by atoms with Crippen LogP contribution in [0.1, 0.15) is 4.88 Å². The van der Waals surface area contributed by atoms with Crippen molar-refractivity contribution in [1.29, 1.82) is 0 Å². The Hall–Kier alpha value is -1.04. The number of para-hydroxylation sites is 2. The maximum Gasteiger partial charge on any atom is 0.0600 e. The van der Waals surface area contributed by atoms with Gasteiger partial charge in [0.05, 0.1) is 11.4 Å². The molecule has 20 heavy (non-hydrogen) atoms. The first-order chi connectivity index (χ1) is 9.72. The van der Waals surface area contributed by atoms with Crippen molar-refractivity contribution in [3.05, 3.63) is 45.1 Å². The van der Waals surface area contributed by atoms with E-state index in [1.807, 2.05) is 23.5 Å². The van der Waals surface area contributed by atoms with E-state index in [1.165, 1.54) is 15.0 Å². The minimum absolute atomic E-state index is 0.878. The molecule has 1 aliphatic heterocycles. The predicted molar refractivity (Wildman–Crippen MR) is 90.4 cm³/mol. The van der Waals surface area contributed by atoms with E-state index in [4.69, 9.17) is 5.73 Å². The van der Waals surface area contributed by atoms with Crippen molar-refractivity contribution in [2.24, 2.45) is 0 Å². The molecule has 3 rings (SSSR count). The third-order valence-electron chi connectivity index (χ3n) is 3.65. The molecule has 5 heteroatoms. The molecule has 2 aromatic rings. The van der Waals surface area contributed by atoms with E-state index in [0.29, 0.717) is 0 Å². The van der Waals surface area contributed by atoms with Gasteiger partial charge in [-0.1, -0.05) is 12.1 Å². The summed E-state index contributed by atoms with van der Waals surface area (Å²) >= 11 is 5.34. The molecule has 106 valence electrons. The van der Waals surface area contributed by atoms with Gasteiger partial charge in [-0.05, 0) is 34.1 Å². The molecule has 0 atom stereocenters. The molecule has 2 N–H and O–H groups in total. The molecule has 1 fully saturated rings. The lowest BCUT2D eigenvalue weighted by Gasteiger charge is -2.36. The molecule has 0 amide bonds. The topological polar surface area (TPSA) is 32.5 Å². The van der Waals surface area contributed by atoms with Crippen molar-refractivity contribution in [2.75, 3.05) is 36.8 Å². The second-order valence-electron chi connectivity index (χ2n) is 5.05. The molecule has 0 saturated carbocycles. The molecule has 0 spiro atoms. The van der Waals surface area contributed by atoms with E-state index >= 15 is 0 Å². The zero-order chi connectivity index (χ0) is 13.9. The number of halogens is 1. The third-order valence-corrected chi connectivity index (χ3v) is 5.33. The summed E-state index contributed by atoms with van der Waals surface area (Å²) in [7, 11) is 0. The lowest BCUT2D eigenvalue weighted by atomic mass is 10.2. The highest BCUT2D eigenvalue weighted by atomic mass is 79.9. The van der Waals surface area contributed by atoms with Crippen LogP contribution < -0.4 is 10.6 Å². The SMILES string of the molecule is Nc1ccccc1N1CCN(Cc2cc(Br)cs2)CC1. The Morgan fingerprint density at radius 2 is 1.90 bits per heavy atom. The molecule has 1 aromatic heterocycles. The van der Waals surface area contributed by atoms with Crippen LogP contribution in [0.4, 0.5) is 11.4 Å². The quantitative estimate of drug-likeness (QED) is 0.860. The van der Waals surface area contributed by atoms with Gasteiger partial charge in [0, 0.05) is 47.5 Å². The van der Waals surface area contributed by atoms with E-state index in [1.54, 1.807) is 0 Å². The summed E-state index contributed by atoms with van der Waals surface area (Å²) in [5.41, 5.74) is 8.10. The first-order valence-corrected chi connectivity index (χ1v) is 8.44. The fourth-order valence-electron chi connectivity index (χ4n) is 2.58.